The van der Waals surface area contributed by atoms with Crippen LogP contribution in [0.25, 0.3) is 16.9 Å². The molecule has 0 N–H and O–H groups in total. The molecule has 0 bridgehead atoms. The van der Waals surface area contributed by atoms with Crippen molar-refractivity contribution < 1.29 is 0 Å². The predicted octanol–water partition coefficient (Wildman–Crippen LogP) is 1.58. The van der Waals surface area contributed by atoms with Crippen LogP contribution in [0.5, 0.6) is 0 Å². The average molecular weight is 217 g/mol. The molecule has 15 heavy (non-hydrogen) atoms. The Labute approximate surface area is 89.6 Å². The number of imidazole rings is 1. The Morgan fingerprint density at radius 1 is 1.33 bits per heavy atom. The standard InChI is InChI=1S/C9H7N5S/c1-6-8(3-15-13-6)14-5-12-7-2-10-4-11-9(7)14/h2-5H,1H3. The minimum atomic E-state index is 0.795. The Bertz CT molecular complexity index is 612. The smallest absolute Gasteiger partial charge is 0.167 e. The second kappa shape index (κ2) is 3.09. The van der Waals surface area contributed by atoms with Crippen LogP contribution < -0.4 is 0 Å². The molecule has 74 valence electrons. The molecule has 6 heteroatoms. The molecular formula is C9H7N5S. The van der Waals surface area contributed by atoms with Crippen molar-refractivity contribution in [3.63, 3.8) is 0 Å². The number of hydrogen-bond acceptors (Lipinski definition) is 5. The van der Waals surface area contributed by atoms with Crippen molar-refractivity contribution in [1.82, 2.24) is 23.9 Å². The van der Waals surface area contributed by atoms with E-state index in [1.165, 1.54) is 17.9 Å². The third-order valence-electron chi connectivity index (χ3n) is 2.20. The van der Waals surface area contributed by atoms with Gasteiger partial charge in [-0.15, -0.1) is 0 Å². The first kappa shape index (κ1) is 8.49. The lowest BCUT2D eigenvalue weighted by atomic mass is 10.4. The average Bonchev–Trinajstić information content (AvgIpc) is 2.83. The van der Waals surface area contributed by atoms with Gasteiger partial charge in [-0.3, -0.25) is 4.57 Å². The minimum absolute atomic E-state index is 0.795. The fourth-order valence-electron chi connectivity index (χ4n) is 1.46. The third-order valence-corrected chi connectivity index (χ3v) is 2.91. The second-order valence-electron chi connectivity index (χ2n) is 3.13. The Kier molecular flexibility index (Phi) is 1.75. The lowest BCUT2D eigenvalue weighted by Crippen LogP contribution is -1.94. The molecule has 0 saturated heterocycles. The van der Waals surface area contributed by atoms with E-state index in [0.717, 1.165) is 22.5 Å². The van der Waals surface area contributed by atoms with Gasteiger partial charge in [-0.2, -0.15) is 4.37 Å². The fraction of sp³-hybridized carbons (Fsp3) is 0.111. The van der Waals surface area contributed by atoms with Gasteiger partial charge in [-0.05, 0) is 18.5 Å². The van der Waals surface area contributed by atoms with Crippen molar-refractivity contribution in [2.75, 3.05) is 0 Å². The monoisotopic (exact) mass is 217 g/mol. The van der Waals surface area contributed by atoms with E-state index in [1.807, 2.05) is 16.9 Å². The number of nitrogens with zero attached hydrogens (tertiary/aromatic N) is 5. The maximum Gasteiger partial charge on any atom is 0.167 e. The summed E-state index contributed by atoms with van der Waals surface area (Å²) >= 11 is 1.43. The van der Waals surface area contributed by atoms with Crippen molar-refractivity contribution in [2.45, 2.75) is 6.92 Å². The first-order chi connectivity index (χ1) is 7.36. The summed E-state index contributed by atoms with van der Waals surface area (Å²) in [6.07, 6.45) is 4.97. The van der Waals surface area contributed by atoms with Crippen molar-refractivity contribution in [2.24, 2.45) is 0 Å². The molecule has 0 saturated carbocycles. The number of hydrogen-bond donors (Lipinski definition) is 0. The Balaban J connectivity index is 2.32. The van der Waals surface area contributed by atoms with E-state index in [2.05, 4.69) is 19.3 Å². The molecule has 0 amide bonds. The van der Waals surface area contributed by atoms with Gasteiger partial charge in [0.2, 0.25) is 0 Å². The molecule has 0 spiro atoms. The van der Waals surface area contributed by atoms with Gasteiger partial charge in [-0.25, -0.2) is 15.0 Å². The highest BCUT2D eigenvalue weighted by molar-refractivity contribution is 7.04. The van der Waals surface area contributed by atoms with E-state index in [1.54, 1.807) is 12.5 Å². The maximum absolute atomic E-state index is 4.23. The zero-order valence-corrected chi connectivity index (χ0v) is 8.77. The van der Waals surface area contributed by atoms with Crippen LogP contribution in [0.3, 0.4) is 0 Å². The van der Waals surface area contributed by atoms with Gasteiger partial charge in [0.1, 0.15) is 18.2 Å². The predicted molar refractivity (Wildman–Crippen MR) is 57.1 cm³/mol. The van der Waals surface area contributed by atoms with Crippen LogP contribution in [0.2, 0.25) is 0 Å². The van der Waals surface area contributed by atoms with Crippen LogP contribution in [0.15, 0.2) is 24.2 Å². The highest BCUT2D eigenvalue weighted by Crippen LogP contribution is 2.19. The van der Waals surface area contributed by atoms with Gasteiger partial charge in [0.15, 0.2) is 5.65 Å². The third kappa shape index (κ3) is 1.22. The molecule has 0 atom stereocenters. The van der Waals surface area contributed by atoms with Crippen LogP contribution in [0.4, 0.5) is 0 Å². The topological polar surface area (TPSA) is 56.5 Å². The first-order valence-electron chi connectivity index (χ1n) is 4.40. The zero-order chi connectivity index (χ0) is 10.3. The summed E-state index contributed by atoms with van der Waals surface area (Å²) in [7, 11) is 0. The lowest BCUT2D eigenvalue weighted by Gasteiger charge is -1.99. The number of fused-ring (bicyclic) bond motifs is 1. The summed E-state index contributed by atoms with van der Waals surface area (Å²) in [5.74, 6) is 0. The van der Waals surface area contributed by atoms with Gasteiger partial charge in [0, 0.05) is 5.38 Å². The van der Waals surface area contributed by atoms with E-state index in [0.29, 0.717) is 0 Å². The molecule has 0 radical (unpaired) electrons. The molecule has 3 heterocycles. The number of rotatable bonds is 1. The molecule has 0 aromatic carbocycles. The largest absolute Gasteiger partial charge is 0.280 e. The Morgan fingerprint density at radius 2 is 2.27 bits per heavy atom. The maximum atomic E-state index is 4.23. The van der Waals surface area contributed by atoms with Crippen LogP contribution >= 0.6 is 11.5 Å². The number of aryl methyl sites for hydroxylation is 1. The molecule has 0 aliphatic rings. The van der Waals surface area contributed by atoms with Crippen molar-refractivity contribution >= 4 is 22.7 Å². The van der Waals surface area contributed by atoms with Gasteiger partial charge in [0.05, 0.1) is 17.6 Å². The van der Waals surface area contributed by atoms with E-state index in [4.69, 9.17) is 0 Å². The quantitative estimate of drug-likeness (QED) is 0.621. The number of aromatic nitrogens is 5. The molecular weight excluding hydrogens is 210 g/mol. The van der Waals surface area contributed by atoms with E-state index in [9.17, 15) is 0 Å². The van der Waals surface area contributed by atoms with E-state index in [-0.39, 0.29) is 0 Å². The summed E-state index contributed by atoms with van der Waals surface area (Å²) in [4.78, 5) is 12.4. The Morgan fingerprint density at radius 3 is 3.07 bits per heavy atom. The summed E-state index contributed by atoms with van der Waals surface area (Å²) in [6.45, 7) is 1.97. The van der Waals surface area contributed by atoms with E-state index < -0.39 is 0 Å². The molecule has 5 nitrogen and oxygen atoms in total. The van der Waals surface area contributed by atoms with Gasteiger partial charge >= 0.3 is 0 Å². The molecule has 0 fully saturated rings. The normalized spacial score (nSPS) is 11.0. The van der Waals surface area contributed by atoms with Crippen LogP contribution in [0, 0.1) is 6.92 Å². The zero-order valence-electron chi connectivity index (χ0n) is 7.95. The van der Waals surface area contributed by atoms with Crippen molar-refractivity contribution in [1.29, 1.82) is 0 Å². The molecule has 3 aromatic heterocycles. The summed E-state index contributed by atoms with van der Waals surface area (Å²) in [6, 6.07) is 0. The van der Waals surface area contributed by atoms with Gasteiger partial charge in [0.25, 0.3) is 0 Å². The summed E-state index contributed by atoms with van der Waals surface area (Å²) < 4.78 is 6.16. The highest BCUT2D eigenvalue weighted by Gasteiger charge is 2.08. The molecule has 0 unspecified atom stereocenters. The van der Waals surface area contributed by atoms with E-state index >= 15 is 0 Å². The van der Waals surface area contributed by atoms with Crippen LogP contribution in [0.1, 0.15) is 5.69 Å². The fourth-order valence-corrected chi connectivity index (χ4v) is 2.15. The molecule has 3 aromatic rings. The van der Waals surface area contributed by atoms with Gasteiger partial charge < -0.3 is 0 Å². The Hall–Kier alpha value is -1.82. The SMILES string of the molecule is Cc1nscc1-n1cnc2cncnc21. The lowest BCUT2D eigenvalue weighted by molar-refractivity contribution is 1.04. The van der Waals surface area contributed by atoms with Crippen LogP contribution in [-0.2, 0) is 0 Å². The minimum Gasteiger partial charge on any atom is -0.280 e. The second-order valence-corrected chi connectivity index (χ2v) is 3.76. The molecule has 3 rings (SSSR count). The summed E-state index contributed by atoms with van der Waals surface area (Å²) in [5.41, 5.74) is 3.62. The van der Waals surface area contributed by atoms with Crippen molar-refractivity contribution in [3.05, 3.63) is 29.9 Å². The summed E-state index contributed by atoms with van der Waals surface area (Å²) in [5, 5.41) is 1.98. The molecule has 0 aliphatic carbocycles. The first-order valence-corrected chi connectivity index (χ1v) is 5.24. The van der Waals surface area contributed by atoms with Gasteiger partial charge in [-0.1, -0.05) is 0 Å². The van der Waals surface area contributed by atoms with Crippen LogP contribution in [-0.4, -0.2) is 23.9 Å². The highest BCUT2D eigenvalue weighted by atomic mass is 32.1. The molecule has 0 aliphatic heterocycles. The van der Waals surface area contributed by atoms with Crippen molar-refractivity contribution in [3.8, 4) is 5.69 Å².